The van der Waals surface area contributed by atoms with Gasteiger partial charge in [-0.3, -0.25) is 9.59 Å². The number of nitrogens with one attached hydrogen (secondary N) is 2. The highest BCUT2D eigenvalue weighted by atomic mass is 16.4. The average molecular weight is 339 g/mol. The largest absolute Gasteiger partial charge is 0.481 e. The zero-order chi connectivity index (χ0) is 17.4. The molecule has 2 fully saturated rings. The van der Waals surface area contributed by atoms with Gasteiger partial charge in [-0.15, -0.1) is 0 Å². The van der Waals surface area contributed by atoms with Crippen molar-refractivity contribution in [3.63, 3.8) is 0 Å². The number of hydrogen-bond donors (Lipinski definition) is 3. The van der Waals surface area contributed by atoms with Gasteiger partial charge in [-0.05, 0) is 32.1 Å². The van der Waals surface area contributed by atoms with Gasteiger partial charge in [0.1, 0.15) is 0 Å². The van der Waals surface area contributed by atoms with E-state index in [-0.39, 0.29) is 18.0 Å². The monoisotopic (exact) mass is 339 g/mol. The fourth-order valence-electron chi connectivity index (χ4n) is 3.49. The number of hydrogen-bond acceptors (Lipinski definition) is 3. The van der Waals surface area contributed by atoms with Crippen molar-refractivity contribution in [1.29, 1.82) is 0 Å². The van der Waals surface area contributed by atoms with Crippen molar-refractivity contribution >= 4 is 17.9 Å². The molecule has 0 radical (unpaired) electrons. The van der Waals surface area contributed by atoms with E-state index in [0.717, 1.165) is 19.3 Å². The Morgan fingerprint density at radius 1 is 1.04 bits per heavy atom. The zero-order valence-electron chi connectivity index (χ0n) is 14.3. The number of carbonyl (C=O) groups excluding carboxylic acids is 2. The van der Waals surface area contributed by atoms with Crippen LogP contribution in [-0.2, 0) is 9.59 Å². The molecule has 2 aliphatic rings. The van der Waals surface area contributed by atoms with Gasteiger partial charge in [0, 0.05) is 32.1 Å². The summed E-state index contributed by atoms with van der Waals surface area (Å²) in [6.45, 7) is 1.41. The molecular formula is C17H29N3O4. The number of carboxylic acids is 1. The minimum Gasteiger partial charge on any atom is -0.481 e. The highest BCUT2D eigenvalue weighted by molar-refractivity contribution is 5.78. The van der Waals surface area contributed by atoms with E-state index in [9.17, 15) is 14.4 Å². The van der Waals surface area contributed by atoms with Gasteiger partial charge < -0.3 is 20.6 Å². The van der Waals surface area contributed by atoms with Crippen molar-refractivity contribution in [3.05, 3.63) is 0 Å². The van der Waals surface area contributed by atoms with E-state index >= 15 is 0 Å². The topological polar surface area (TPSA) is 98.7 Å². The number of carboxylic acid groups (broad SMARTS) is 1. The molecule has 7 heteroatoms. The molecule has 3 N–H and O–H groups in total. The molecule has 1 aliphatic heterocycles. The van der Waals surface area contributed by atoms with E-state index in [1.165, 1.54) is 19.3 Å². The predicted molar refractivity (Wildman–Crippen MR) is 89.6 cm³/mol. The maximum absolute atomic E-state index is 12.1. The first-order chi connectivity index (χ1) is 11.6. The molecule has 0 aromatic carbocycles. The van der Waals surface area contributed by atoms with Crippen LogP contribution in [0.4, 0.5) is 4.79 Å². The summed E-state index contributed by atoms with van der Waals surface area (Å²) in [6.07, 6.45) is 7.99. The van der Waals surface area contributed by atoms with Crippen LogP contribution in [0.5, 0.6) is 0 Å². The lowest BCUT2D eigenvalue weighted by Gasteiger charge is -2.30. The summed E-state index contributed by atoms with van der Waals surface area (Å²) in [4.78, 5) is 36.6. The van der Waals surface area contributed by atoms with Crippen LogP contribution < -0.4 is 10.6 Å². The van der Waals surface area contributed by atoms with Crippen LogP contribution in [0.3, 0.4) is 0 Å². The molecule has 0 aromatic heterocycles. The number of aliphatic carboxylic acids is 1. The Bertz CT molecular complexity index is 449. The molecule has 0 bridgehead atoms. The Balaban J connectivity index is 1.58. The molecule has 136 valence electrons. The molecule has 0 spiro atoms. The van der Waals surface area contributed by atoms with E-state index < -0.39 is 11.9 Å². The van der Waals surface area contributed by atoms with Crippen LogP contribution in [-0.4, -0.2) is 53.6 Å². The van der Waals surface area contributed by atoms with E-state index in [4.69, 9.17) is 5.11 Å². The lowest BCUT2D eigenvalue weighted by atomic mass is 9.96. The number of amides is 3. The van der Waals surface area contributed by atoms with Crippen LogP contribution in [0.2, 0.25) is 0 Å². The molecule has 1 heterocycles. The average Bonchev–Trinajstić information content (AvgIpc) is 2.59. The van der Waals surface area contributed by atoms with Crippen molar-refractivity contribution in [1.82, 2.24) is 15.5 Å². The first kappa shape index (κ1) is 18.5. The number of urea groups is 1. The van der Waals surface area contributed by atoms with Crippen LogP contribution in [0, 0.1) is 5.92 Å². The molecule has 1 saturated carbocycles. The Morgan fingerprint density at radius 3 is 2.50 bits per heavy atom. The number of carbonyl (C=O) groups is 3. The van der Waals surface area contributed by atoms with Crippen molar-refractivity contribution in [2.75, 3.05) is 19.6 Å². The van der Waals surface area contributed by atoms with Gasteiger partial charge in [0.2, 0.25) is 5.91 Å². The molecule has 3 amide bonds. The first-order valence-corrected chi connectivity index (χ1v) is 9.11. The second kappa shape index (κ2) is 9.49. The van der Waals surface area contributed by atoms with Gasteiger partial charge in [-0.1, -0.05) is 19.3 Å². The number of likely N-dealkylation sites (tertiary alicyclic amines) is 1. The molecule has 0 unspecified atom stereocenters. The quantitative estimate of drug-likeness (QED) is 0.642. The van der Waals surface area contributed by atoms with Crippen LogP contribution >= 0.6 is 0 Å². The van der Waals surface area contributed by atoms with Gasteiger partial charge >= 0.3 is 12.0 Å². The normalized spacial score (nSPS) is 22.0. The van der Waals surface area contributed by atoms with E-state index in [1.807, 2.05) is 0 Å². The fraction of sp³-hybridized carbons (Fsp3) is 0.824. The molecule has 7 nitrogen and oxygen atoms in total. The lowest BCUT2D eigenvalue weighted by Crippen LogP contribution is -2.44. The van der Waals surface area contributed by atoms with Crippen molar-refractivity contribution in [3.8, 4) is 0 Å². The Morgan fingerprint density at radius 2 is 1.79 bits per heavy atom. The van der Waals surface area contributed by atoms with Gasteiger partial charge in [-0.25, -0.2) is 4.79 Å². The number of piperidine rings is 1. The molecule has 1 saturated heterocycles. The third-order valence-electron chi connectivity index (χ3n) is 4.92. The third kappa shape index (κ3) is 6.02. The molecular weight excluding hydrogens is 310 g/mol. The van der Waals surface area contributed by atoms with Crippen molar-refractivity contribution < 1.29 is 19.5 Å². The number of rotatable bonds is 6. The standard InChI is InChI=1S/C17H29N3O4/c21-15(20-11-5-6-13(12-20)16(22)23)9-4-10-18-17(24)19-14-7-2-1-3-8-14/h13-14H,1-12H2,(H,22,23)(H2,18,19,24)/t13-/m0/s1. The second-order valence-corrected chi connectivity index (χ2v) is 6.86. The van der Waals surface area contributed by atoms with E-state index in [1.54, 1.807) is 4.90 Å². The van der Waals surface area contributed by atoms with Gasteiger partial charge in [0.15, 0.2) is 0 Å². The van der Waals surface area contributed by atoms with Crippen molar-refractivity contribution in [2.24, 2.45) is 5.92 Å². The highest BCUT2D eigenvalue weighted by Crippen LogP contribution is 2.18. The third-order valence-corrected chi connectivity index (χ3v) is 4.92. The first-order valence-electron chi connectivity index (χ1n) is 9.11. The second-order valence-electron chi connectivity index (χ2n) is 6.86. The van der Waals surface area contributed by atoms with E-state index in [0.29, 0.717) is 38.9 Å². The van der Waals surface area contributed by atoms with Crippen LogP contribution in [0.15, 0.2) is 0 Å². The number of nitrogens with zero attached hydrogens (tertiary/aromatic N) is 1. The maximum atomic E-state index is 12.1. The molecule has 2 rings (SSSR count). The molecule has 24 heavy (non-hydrogen) atoms. The molecule has 1 aliphatic carbocycles. The summed E-state index contributed by atoms with van der Waals surface area (Å²) in [5, 5.41) is 14.8. The molecule has 1 atom stereocenters. The van der Waals surface area contributed by atoms with Crippen LogP contribution in [0.1, 0.15) is 57.8 Å². The highest BCUT2D eigenvalue weighted by Gasteiger charge is 2.27. The summed E-state index contributed by atoms with van der Waals surface area (Å²) in [7, 11) is 0. The SMILES string of the molecule is O=C(NCCCC(=O)N1CCC[C@H](C(=O)O)C1)NC1CCCCC1. The minimum absolute atomic E-state index is 0.0181. The summed E-state index contributed by atoms with van der Waals surface area (Å²) < 4.78 is 0. The fourth-order valence-corrected chi connectivity index (χ4v) is 3.49. The summed E-state index contributed by atoms with van der Waals surface area (Å²) in [5.74, 6) is -1.29. The Hall–Kier alpha value is -1.79. The molecule has 0 aromatic rings. The van der Waals surface area contributed by atoms with Gasteiger partial charge in [-0.2, -0.15) is 0 Å². The van der Waals surface area contributed by atoms with Crippen molar-refractivity contribution in [2.45, 2.75) is 63.8 Å². The minimum atomic E-state index is -0.825. The zero-order valence-corrected chi connectivity index (χ0v) is 14.3. The summed E-state index contributed by atoms with van der Waals surface area (Å²) in [5.41, 5.74) is 0. The predicted octanol–water partition coefficient (Wildman–Crippen LogP) is 1.72. The van der Waals surface area contributed by atoms with Gasteiger partial charge in [0.25, 0.3) is 0 Å². The lowest BCUT2D eigenvalue weighted by molar-refractivity contribution is -0.145. The Kier molecular flexibility index (Phi) is 7.34. The van der Waals surface area contributed by atoms with Crippen LogP contribution in [0.25, 0.3) is 0 Å². The Labute approximate surface area is 143 Å². The van der Waals surface area contributed by atoms with E-state index in [2.05, 4.69) is 10.6 Å². The smallest absolute Gasteiger partial charge is 0.315 e. The maximum Gasteiger partial charge on any atom is 0.315 e. The summed E-state index contributed by atoms with van der Waals surface area (Å²) >= 11 is 0. The summed E-state index contributed by atoms with van der Waals surface area (Å²) in [6, 6.07) is 0.125. The van der Waals surface area contributed by atoms with Gasteiger partial charge in [0.05, 0.1) is 5.92 Å².